The Kier molecular flexibility index (Phi) is 6.93. The summed E-state index contributed by atoms with van der Waals surface area (Å²) >= 11 is 6.18. The summed E-state index contributed by atoms with van der Waals surface area (Å²) in [4.78, 5) is 36.8. The topological polar surface area (TPSA) is 66.1 Å². The minimum atomic E-state index is -0.255. The van der Waals surface area contributed by atoms with E-state index in [0.29, 0.717) is 23.6 Å². The number of nitrogens with one attached hydrogen (secondary N) is 1. The van der Waals surface area contributed by atoms with Gasteiger partial charge in [-0.15, -0.1) is 0 Å². The van der Waals surface area contributed by atoms with Crippen LogP contribution in [0.5, 0.6) is 0 Å². The molecule has 0 atom stereocenters. The second-order valence-corrected chi connectivity index (χ2v) is 11.5. The number of amides is 1. The number of fused-ring (bicyclic) bond motifs is 1. The van der Waals surface area contributed by atoms with Gasteiger partial charge in [0.05, 0.1) is 29.6 Å². The summed E-state index contributed by atoms with van der Waals surface area (Å²) in [5.74, 6) is 0.752. The number of benzene rings is 3. The molecule has 3 aromatic carbocycles. The van der Waals surface area contributed by atoms with E-state index in [1.54, 1.807) is 4.90 Å². The molecule has 6 rings (SSSR count). The van der Waals surface area contributed by atoms with Gasteiger partial charge in [-0.05, 0) is 72.6 Å². The fourth-order valence-electron chi connectivity index (χ4n) is 5.75. The Bertz CT molecular complexity index is 1680. The molecule has 0 unspecified atom stereocenters. The molecule has 1 aromatic heterocycles. The van der Waals surface area contributed by atoms with E-state index in [1.165, 1.54) is 5.56 Å². The Balaban J connectivity index is 1.23. The molecule has 5 nitrogen and oxygen atoms in total. The van der Waals surface area contributed by atoms with Crippen molar-refractivity contribution in [1.82, 2.24) is 14.9 Å². The standard InChI is InChI=1S/C34H32ClN3O2/c1-22(2)24-8-4-11-27(19-24)34(14-15-34)33-36-30-13-6-16-38(21-29(30)32(40)37-33)31(39)18-23-7-3-9-25(17-23)26-10-5-12-28(35)20-26/h3-5,7-12,17,19-20H,1,6,13-16,18,21H2,2H3,(H,36,37,40). The van der Waals surface area contributed by atoms with Crippen molar-refractivity contribution in [2.24, 2.45) is 0 Å². The van der Waals surface area contributed by atoms with Gasteiger partial charge in [0.15, 0.2) is 0 Å². The minimum Gasteiger partial charge on any atom is -0.338 e. The zero-order valence-corrected chi connectivity index (χ0v) is 23.4. The second kappa shape index (κ2) is 10.5. The van der Waals surface area contributed by atoms with Crippen LogP contribution in [-0.4, -0.2) is 27.3 Å². The van der Waals surface area contributed by atoms with Crippen LogP contribution >= 0.6 is 11.6 Å². The zero-order chi connectivity index (χ0) is 27.9. The van der Waals surface area contributed by atoms with Crippen molar-refractivity contribution >= 4 is 23.1 Å². The van der Waals surface area contributed by atoms with Crippen LogP contribution in [0.4, 0.5) is 0 Å². The average molecular weight is 550 g/mol. The van der Waals surface area contributed by atoms with Gasteiger partial charge >= 0.3 is 0 Å². The van der Waals surface area contributed by atoms with Gasteiger partial charge in [-0.1, -0.05) is 84.4 Å². The van der Waals surface area contributed by atoms with Crippen molar-refractivity contribution in [3.63, 3.8) is 0 Å². The lowest BCUT2D eigenvalue weighted by molar-refractivity contribution is -0.131. The van der Waals surface area contributed by atoms with E-state index in [1.807, 2.05) is 55.5 Å². The predicted octanol–water partition coefficient (Wildman–Crippen LogP) is 6.72. The fraction of sp³-hybridized carbons (Fsp3) is 0.265. The molecule has 2 heterocycles. The van der Waals surface area contributed by atoms with Crippen molar-refractivity contribution in [1.29, 1.82) is 0 Å². The van der Waals surface area contributed by atoms with Crippen LogP contribution in [-0.2, 0) is 29.6 Å². The van der Waals surface area contributed by atoms with Gasteiger partial charge in [-0.3, -0.25) is 9.59 Å². The highest BCUT2D eigenvalue weighted by atomic mass is 35.5. The molecule has 1 amide bonds. The minimum absolute atomic E-state index is 0.00911. The lowest BCUT2D eigenvalue weighted by Gasteiger charge is -2.21. The molecule has 0 bridgehead atoms. The Labute approximate surface area is 239 Å². The molecule has 0 spiro atoms. The Morgan fingerprint density at radius 2 is 1.80 bits per heavy atom. The molecule has 4 aromatic rings. The first-order valence-electron chi connectivity index (χ1n) is 13.8. The molecule has 1 N–H and O–H groups in total. The number of hydrogen-bond acceptors (Lipinski definition) is 3. The number of hydrogen-bond donors (Lipinski definition) is 1. The van der Waals surface area contributed by atoms with Crippen LogP contribution < -0.4 is 5.56 Å². The van der Waals surface area contributed by atoms with Gasteiger partial charge in [-0.25, -0.2) is 4.98 Å². The summed E-state index contributed by atoms with van der Waals surface area (Å²) in [5, 5.41) is 0.678. The second-order valence-electron chi connectivity index (χ2n) is 11.1. The van der Waals surface area contributed by atoms with Gasteiger partial charge in [0.2, 0.25) is 5.91 Å². The summed E-state index contributed by atoms with van der Waals surface area (Å²) in [6.07, 6.45) is 3.63. The zero-order valence-electron chi connectivity index (χ0n) is 22.7. The van der Waals surface area contributed by atoms with E-state index in [4.69, 9.17) is 16.6 Å². The van der Waals surface area contributed by atoms with Gasteiger partial charge in [0.25, 0.3) is 5.56 Å². The Morgan fingerprint density at radius 1 is 1.05 bits per heavy atom. The first-order chi connectivity index (χ1) is 19.3. The predicted molar refractivity (Wildman–Crippen MR) is 160 cm³/mol. The first kappa shape index (κ1) is 26.3. The summed E-state index contributed by atoms with van der Waals surface area (Å²) in [5.41, 5.74) is 7.29. The lowest BCUT2D eigenvalue weighted by Crippen LogP contribution is -2.34. The number of aromatic nitrogens is 2. The summed E-state index contributed by atoms with van der Waals surface area (Å²) in [6, 6.07) is 24.1. The van der Waals surface area contributed by atoms with Gasteiger partial charge in [-0.2, -0.15) is 0 Å². The normalized spacial score (nSPS) is 15.7. The monoisotopic (exact) mass is 549 g/mol. The molecule has 2 aliphatic rings. The number of aryl methyl sites for hydroxylation is 1. The smallest absolute Gasteiger partial charge is 0.256 e. The number of H-pyrrole nitrogens is 1. The fourth-order valence-corrected chi connectivity index (χ4v) is 5.94. The van der Waals surface area contributed by atoms with E-state index < -0.39 is 0 Å². The number of carbonyl (C=O) groups is 1. The third-order valence-electron chi connectivity index (χ3n) is 8.20. The molecule has 6 heteroatoms. The molecule has 40 heavy (non-hydrogen) atoms. The lowest BCUT2D eigenvalue weighted by atomic mass is 9.92. The van der Waals surface area contributed by atoms with E-state index in [9.17, 15) is 9.59 Å². The summed E-state index contributed by atoms with van der Waals surface area (Å²) in [6.45, 7) is 6.97. The number of rotatable bonds is 6. The van der Waals surface area contributed by atoms with Crippen molar-refractivity contribution in [2.45, 2.75) is 51.0 Å². The number of aromatic amines is 1. The van der Waals surface area contributed by atoms with Crippen molar-refractivity contribution in [2.75, 3.05) is 6.54 Å². The quantitative estimate of drug-likeness (QED) is 0.290. The maximum atomic E-state index is 13.4. The number of nitrogens with zero attached hydrogens (tertiary/aromatic N) is 2. The third-order valence-corrected chi connectivity index (χ3v) is 8.43. The highest BCUT2D eigenvalue weighted by Gasteiger charge is 2.48. The molecule has 1 aliphatic carbocycles. The van der Waals surface area contributed by atoms with E-state index in [2.05, 4.69) is 35.8 Å². The first-order valence-corrected chi connectivity index (χ1v) is 14.2. The average Bonchev–Trinajstić information content (AvgIpc) is 3.78. The largest absolute Gasteiger partial charge is 0.338 e. The molecular formula is C34H32ClN3O2. The maximum Gasteiger partial charge on any atom is 0.256 e. The maximum absolute atomic E-state index is 13.4. The highest BCUT2D eigenvalue weighted by Crippen LogP contribution is 2.52. The number of allylic oxidation sites excluding steroid dienone is 1. The summed E-state index contributed by atoms with van der Waals surface area (Å²) in [7, 11) is 0. The SMILES string of the molecule is C=C(C)c1cccc(C2(c3nc4c(c(=O)[nH]3)CN(C(=O)Cc3cccc(-c5cccc(Cl)c5)c3)CCC4)CC2)c1. The van der Waals surface area contributed by atoms with Crippen LogP contribution in [0.3, 0.4) is 0 Å². The molecule has 0 saturated heterocycles. The van der Waals surface area contributed by atoms with E-state index >= 15 is 0 Å². The van der Waals surface area contributed by atoms with Crippen LogP contribution in [0.15, 0.2) is 84.2 Å². The van der Waals surface area contributed by atoms with Crippen LogP contribution in [0.2, 0.25) is 5.02 Å². The van der Waals surface area contributed by atoms with Crippen LogP contribution in [0, 0.1) is 0 Å². The third kappa shape index (κ3) is 5.14. The van der Waals surface area contributed by atoms with Gasteiger partial charge in [0.1, 0.15) is 5.82 Å². The molecule has 1 aliphatic heterocycles. The Morgan fingerprint density at radius 3 is 2.55 bits per heavy atom. The van der Waals surface area contributed by atoms with Crippen molar-refractivity contribution in [3.05, 3.63) is 129 Å². The number of carbonyl (C=O) groups excluding carboxylic acids is 1. The molecule has 1 fully saturated rings. The van der Waals surface area contributed by atoms with Gasteiger partial charge < -0.3 is 9.88 Å². The van der Waals surface area contributed by atoms with Crippen molar-refractivity contribution < 1.29 is 4.79 Å². The molecular weight excluding hydrogens is 518 g/mol. The van der Waals surface area contributed by atoms with E-state index in [0.717, 1.165) is 58.6 Å². The Hall–Kier alpha value is -3.96. The summed E-state index contributed by atoms with van der Waals surface area (Å²) < 4.78 is 0. The highest BCUT2D eigenvalue weighted by molar-refractivity contribution is 6.30. The van der Waals surface area contributed by atoms with Crippen molar-refractivity contribution in [3.8, 4) is 11.1 Å². The number of halogens is 1. The van der Waals surface area contributed by atoms with Crippen LogP contribution in [0.1, 0.15) is 60.0 Å². The molecule has 0 radical (unpaired) electrons. The molecule has 202 valence electrons. The molecule has 1 saturated carbocycles. The van der Waals surface area contributed by atoms with Gasteiger partial charge in [0, 0.05) is 11.6 Å². The van der Waals surface area contributed by atoms with Crippen LogP contribution in [0.25, 0.3) is 16.7 Å². The van der Waals surface area contributed by atoms with E-state index in [-0.39, 0.29) is 29.8 Å².